The Morgan fingerprint density at radius 2 is 2.41 bits per heavy atom. The Balaban J connectivity index is 2.48. The second-order valence-electron chi connectivity index (χ2n) is 4.05. The molecule has 17 heavy (non-hydrogen) atoms. The molecule has 0 bridgehead atoms. The van der Waals surface area contributed by atoms with Gasteiger partial charge in [-0.05, 0) is 26.2 Å². The molecular weight excluding hydrogens is 222 g/mol. The quantitative estimate of drug-likeness (QED) is 0.750. The van der Waals surface area contributed by atoms with Crippen molar-refractivity contribution in [1.29, 1.82) is 0 Å². The highest BCUT2D eigenvalue weighted by atomic mass is 16.5. The van der Waals surface area contributed by atoms with E-state index in [0.717, 1.165) is 18.5 Å². The third kappa shape index (κ3) is 2.10. The van der Waals surface area contributed by atoms with Crippen LogP contribution >= 0.6 is 0 Å². The van der Waals surface area contributed by atoms with Crippen molar-refractivity contribution in [3.63, 3.8) is 0 Å². The Bertz CT molecular complexity index is 492. The number of hydrogen-bond acceptors (Lipinski definition) is 4. The van der Waals surface area contributed by atoms with E-state index >= 15 is 0 Å². The SMILES string of the molecule is CCOC(=O)c1c[nH]c2c(c1=O)[C@@H](O)CCC2. The zero-order valence-corrected chi connectivity index (χ0v) is 9.66. The van der Waals surface area contributed by atoms with Crippen LogP contribution in [0.4, 0.5) is 0 Å². The van der Waals surface area contributed by atoms with Crippen LogP contribution in [0, 0.1) is 0 Å². The number of esters is 1. The number of carbonyl (C=O) groups excluding carboxylic acids is 1. The molecule has 2 rings (SSSR count). The third-order valence-corrected chi connectivity index (χ3v) is 2.94. The second-order valence-corrected chi connectivity index (χ2v) is 4.05. The number of rotatable bonds is 2. The number of fused-ring (bicyclic) bond motifs is 1. The van der Waals surface area contributed by atoms with Gasteiger partial charge in [0, 0.05) is 17.5 Å². The van der Waals surface area contributed by atoms with Gasteiger partial charge in [-0.25, -0.2) is 4.79 Å². The Morgan fingerprint density at radius 3 is 3.12 bits per heavy atom. The first kappa shape index (κ1) is 11.9. The Morgan fingerprint density at radius 1 is 1.65 bits per heavy atom. The van der Waals surface area contributed by atoms with Gasteiger partial charge in [0.1, 0.15) is 5.56 Å². The van der Waals surface area contributed by atoms with Crippen molar-refractivity contribution >= 4 is 5.97 Å². The van der Waals surface area contributed by atoms with Gasteiger partial charge < -0.3 is 14.8 Å². The number of aliphatic hydroxyl groups excluding tert-OH is 1. The zero-order chi connectivity index (χ0) is 12.4. The molecule has 5 nitrogen and oxygen atoms in total. The molecule has 1 atom stereocenters. The first-order valence-electron chi connectivity index (χ1n) is 5.74. The molecule has 0 fully saturated rings. The summed E-state index contributed by atoms with van der Waals surface area (Å²) in [5.41, 5.74) is 0.597. The van der Waals surface area contributed by atoms with Crippen LogP contribution in [0.15, 0.2) is 11.0 Å². The van der Waals surface area contributed by atoms with Crippen LogP contribution in [0.5, 0.6) is 0 Å². The van der Waals surface area contributed by atoms with E-state index < -0.39 is 17.5 Å². The minimum Gasteiger partial charge on any atom is -0.462 e. The fourth-order valence-corrected chi connectivity index (χ4v) is 2.12. The Kier molecular flexibility index (Phi) is 3.28. The lowest BCUT2D eigenvalue weighted by molar-refractivity contribution is 0.0523. The number of aliphatic hydroxyl groups is 1. The normalized spacial score (nSPS) is 18.6. The number of H-pyrrole nitrogens is 1. The van der Waals surface area contributed by atoms with Crippen molar-refractivity contribution in [2.45, 2.75) is 32.3 Å². The number of aromatic amines is 1. The maximum Gasteiger partial charge on any atom is 0.343 e. The van der Waals surface area contributed by atoms with Crippen LogP contribution in [-0.4, -0.2) is 22.7 Å². The summed E-state index contributed by atoms with van der Waals surface area (Å²) in [6.07, 6.45) is 2.71. The molecule has 0 amide bonds. The highest BCUT2D eigenvalue weighted by Crippen LogP contribution is 2.25. The number of pyridine rings is 1. The van der Waals surface area contributed by atoms with Crippen LogP contribution in [0.3, 0.4) is 0 Å². The zero-order valence-electron chi connectivity index (χ0n) is 9.66. The number of aromatic nitrogens is 1. The number of hydrogen-bond donors (Lipinski definition) is 2. The van der Waals surface area contributed by atoms with E-state index in [-0.39, 0.29) is 12.2 Å². The topological polar surface area (TPSA) is 79.4 Å². The Labute approximate surface area is 98.4 Å². The molecule has 5 heteroatoms. The third-order valence-electron chi connectivity index (χ3n) is 2.94. The fraction of sp³-hybridized carbons (Fsp3) is 0.500. The van der Waals surface area contributed by atoms with Crippen molar-refractivity contribution in [3.8, 4) is 0 Å². The van der Waals surface area contributed by atoms with Gasteiger partial charge in [0.2, 0.25) is 5.43 Å². The van der Waals surface area contributed by atoms with Gasteiger partial charge >= 0.3 is 5.97 Å². The molecule has 2 N–H and O–H groups in total. The van der Waals surface area contributed by atoms with Crippen molar-refractivity contribution in [1.82, 2.24) is 4.98 Å². The number of nitrogens with one attached hydrogen (secondary N) is 1. The predicted molar refractivity (Wildman–Crippen MR) is 60.9 cm³/mol. The summed E-state index contributed by atoms with van der Waals surface area (Å²) < 4.78 is 4.79. The van der Waals surface area contributed by atoms with Crippen molar-refractivity contribution in [2.75, 3.05) is 6.61 Å². The molecule has 1 aliphatic carbocycles. The molecule has 0 saturated carbocycles. The average Bonchev–Trinajstić information content (AvgIpc) is 2.29. The summed E-state index contributed by atoms with van der Waals surface area (Å²) in [6.45, 7) is 1.90. The first-order chi connectivity index (χ1) is 8.15. The highest BCUT2D eigenvalue weighted by molar-refractivity contribution is 5.89. The molecule has 0 aliphatic heterocycles. The van der Waals surface area contributed by atoms with E-state index in [0.29, 0.717) is 12.0 Å². The summed E-state index contributed by atoms with van der Waals surface area (Å²) in [5, 5.41) is 9.81. The Hall–Kier alpha value is -1.62. The van der Waals surface area contributed by atoms with Gasteiger partial charge in [-0.3, -0.25) is 4.79 Å². The monoisotopic (exact) mass is 237 g/mol. The molecule has 92 valence electrons. The minimum absolute atomic E-state index is 0.0356. The molecule has 0 aromatic carbocycles. The minimum atomic E-state index is -0.781. The van der Waals surface area contributed by atoms with Crippen LogP contribution in [0.1, 0.15) is 47.5 Å². The van der Waals surface area contributed by atoms with Crippen LogP contribution in [0.25, 0.3) is 0 Å². The van der Waals surface area contributed by atoms with E-state index in [4.69, 9.17) is 4.74 Å². The molecule has 0 saturated heterocycles. The molecule has 1 aliphatic rings. The summed E-state index contributed by atoms with van der Waals surface area (Å²) in [4.78, 5) is 26.5. The van der Waals surface area contributed by atoms with E-state index in [9.17, 15) is 14.7 Å². The van der Waals surface area contributed by atoms with Gasteiger partial charge in [-0.1, -0.05) is 0 Å². The molecule has 1 aromatic rings. The maximum atomic E-state index is 12.1. The van der Waals surface area contributed by atoms with Crippen molar-refractivity contribution < 1.29 is 14.6 Å². The van der Waals surface area contributed by atoms with E-state index in [1.807, 2.05) is 0 Å². The molecule has 0 spiro atoms. The smallest absolute Gasteiger partial charge is 0.343 e. The summed E-state index contributed by atoms with van der Waals surface area (Å²) in [7, 11) is 0. The van der Waals surface area contributed by atoms with Crippen molar-refractivity contribution in [2.24, 2.45) is 0 Å². The van der Waals surface area contributed by atoms with Gasteiger partial charge in [-0.2, -0.15) is 0 Å². The lowest BCUT2D eigenvalue weighted by Crippen LogP contribution is -2.27. The van der Waals surface area contributed by atoms with Gasteiger partial charge in [0.15, 0.2) is 0 Å². The standard InChI is InChI=1S/C12H15NO4/c1-2-17-12(16)7-6-13-8-4-3-5-9(14)10(8)11(7)15/h6,9,14H,2-5H2,1H3,(H,13,15)/t9-/m0/s1. The van der Waals surface area contributed by atoms with Crippen LogP contribution in [-0.2, 0) is 11.2 Å². The van der Waals surface area contributed by atoms with E-state index in [2.05, 4.69) is 4.98 Å². The number of carbonyl (C=O) groups is 1. The molecule has 0 radical (unpaired) electrons. The molecule has 1 aromatic heterocycles. The lowest BCUT2D eigenvalue weighted by Gasteiger charge is -2.20. The number of aryl methyl sites for hydroxylation is 1. The van der Waals surface area contributed by atoms with E-state index in [1.165, 1.54) is 6.20 Å². The van der Waals surface area contributed by atoms with Gasteiger partial charge in [0.25, 0.3) is 0 Å². The first-order valence-corrected chi connectivity index (χ1v) is 5.74. The van der Waals surface area contributed by atoms with Crippen molar-refractivity contribution in [3.05, 3.63) is 33.2 Å². The van der Waals surface area contributed by atoms with Gasteiger partial charge in [0.05, 0.1) is 12.7 Å². The fourth-order valence-electron chi connectivity index (χ4n) is 2.12. The summed E-state index contributed by atoms with van der Waals surface area (Å²) >= 11 is 0. The lowest BCUT2D eigenvalue weighted by atomic mass is 9.92. The van der Waals surface area contributed by atoms with Crippen LogP contribution < -0.4 is 5.43 Å². The second kappa shape index (κ2) is 4.71. The number of ether oxygens (including phenoxy) is 1. The largest absolute Gasteiger partial charge is 0.462 e. The summed E-state index contributed by atoms with van der Waals surface area (Å²) in [6, 6.07) is 0. The predicted octanol–water partition coefficient (Wildman–Crippen LogP) is 0.921. The maximum absolute atomic E-state index is 12.1. The average molecular weight is 237 g/mol. The summed E-state index contributed by atoms with van der Waals surface area (Å²) in [5.74, 6) is -0.644. The van der Waals surface area contributed by atoms with E-state index in [1.54, 1.807) is 6.92 Å². The van der Waals surface area contributed by atoms with Crippen LogP contribution in [0.2, 0.25) is 0 Å². The highest BCUT2D eigenvalue weighted by Gasteiger charge is 2.25. The molecule has 0 unspecified atom stereocenters. The van der Waals surface area contributed by atoms with Gasteiger partial charge in [-0.15, -0.1) is 0 Å². The molecule has 1 heterocycles. The molecular formula is C12H15NO4.